The van der Waals surface area contributed by atoms with Crippen LogP contribution in [0.2, 0.25) is 0 Å². The van der Waals surface area contributed by atoms with Crippen LogP contribution in [0.3, 0.4) is 0 Å². The molecule has 0 fully saturated rings. The van der Waals surface area contributed by atoms with E-state index in [2.05, 4.69) is 128 Å². The molecule has 0 N–H and O–H groups in total. The summed E-state index contributed by atoms with van der Waals surface area (Å²) in [6.45, 7) is 9.21. The highest BCUT2D eigenvalue weighted by Gasteiger charge is 2.40. The highest BCUT2D eigenvalue weighted by atomic mass is 32.2. The molecule has 2 aliphatic rings. The lowest BCUT2D eigenvalue weighted by Gasteiger charge is -2.44. The fraction of sp³-hybridized carbons (Fsp3) is 0.143. The molecule has 2 aliphatic heterocycles. The molecule has 47 heavy (non-hydrogen) atoms. The van der Waals surface area contributed by atoms with Gasteiger partial charge in [0.1, 0.15) is 0 Å². The van der Waals surface area contributed by atoms with E-state index in [1.165, 1.54) is 33.6 Å². The van der Waals surface area contributed by atoms with Crippen molar-refractivity contribution in [3.05, 3.63) is 168 Å². The Bertz CT molecular complexity index is 2220. The molecular weight excluding hydrogens is 597 g/mol. The Morgan fingerprint density at radius 2 is 0.787 bits per heavy atom. The van der Waals surface area contributed by atoms with Gasteiger partial charge in [0.15, 0.2) is 0 Å². The molecule has 0 atom stereocenters. The van der Waals surface area contributed by atoms with Crippen LogP contribution < -0.4 is 9.80 Å². The van der Waals surface area contributed by atoms with Gasteiger partial charge in [0.2, 0.25) is 9.84 Å². The number of fused-ring (bicyclic) bond motifs is 4. The van der Waals surface area contributed by atoms with Crippen LogP contribution in [0.5, 0.6) is 0 Å². The summed E-state index contributed by atoms with van der Waals surface area (Å²) in [5.41, 5.74) is 11.2. The van der Waals surface area contributed by atoms with Gasteiger partial charge in [-0.05, 0) is 95.1 Å². The van der Waals surface area contributed by atoms with Gasteiger partial charge in [-0.1, -0.05) is 100 Å². The smallest absolute Gasteiger partial charge is 0.206 e. The van der Waals surface area contributed by atoms with E-state index in [0.717, 1.165) is 22.7 Å². The quantitative estimate of drug-likeness (QED) is 0.194. The number of anilines is 6. The van der Waals surface area contributed by atoms with Gasteiger partial charge in [-0.2, -0.15) is 0 Å². The van der Waals surface area contributed by atoms with Crippen LogP contribution in [0.4, 0.5) is 34.1 Å². The largest absolute Gasteiger partial charge is 0.310 e. The van der Waals surface area contributed by atoms with Crippen molar-refractivity contribution in [2.75, 3.05) is 9.80 Å². The molecule has 232 valence electrons. The molecule has 6 aromatic carbocycles. The third-order valence-electron chi connectivity index (χ3n) is 10.1. The summed E-state index contributed by atoms with van der Waals surface area (Å²) in [5.74, 6) is 0. The van der Waals surface area contributed by atoms with Crippen molar-refractivity contribution in [1.29, 1.82) is 0 Å². The molecule has 0 unspecified atom stereocenters. The second kappa shape index (κ2) is 10.4. The first-order valence-corrected chi connectivity index (χ1v) is 17.5. The number of benzene rings is 6. The van der Waals surface area contributed by atoms with E-state index in [1.54, 1.807) is 36.4 Å². The predicted octanol–water partition coefficient (Wildman–Crippen LogP) is 10.7. The highest BCUT2D eigenvalue weighted by molar-refractivity contribution is 7.91. The van der Waals surface area contributed by atoms with E-state index in [9.17, 15) is 8.42 Å². The van der Waals surface area contributed by atoms with E-state index in [1.807, 2.05) is 18.2 Å². The first-order chi connectivity index (χ1) is 22.6. The summed E-state index contributed by atoms with van der Waals surface area (Å²) >= 11 is 0. The molecule has 4 nitrogen and oxygen atoms in total. The minimum absolute atomic E-state index is 0.132. The zero-order valence-electron chi connectivity index (χ0n) is 27.0. The molecule has 0 aliphatic carbocycles. The second-order valence-corrected chi connectivity index (χ2v) is 15.4. The maximum Gasteiger partial charge on any atom is 0.206 e. The molecule has 0 saturated carbocycles. The Labute approximate surface area is 277 Å². The Balaban J connectivity index is 1.29. The number of rotatable bonds is 4. The van der Waals surface area contributed by atoms with Gasteiger partial charge in [-0.15, -0.1) is 0 Å². The average Bonchev–Trinajstić information content (AvgIpc) is 3.09. The zero-order chi connectivity index (χ0) is 32.6. The van der Waals surface area contributed by atoms with E-state index in [4.69, 9.17) is 0 Å². The molecule has 0 bridgehead atoms. The monoisotopic (exact) mass is 632 g/mol. The van der Waals surface area contributed by atoms with Gasteiger partial charge in [-0.3, -0.25) is 0 Å². The molecule has 8 rings (SSSR count). The van der Waals surface area contributed by atoms with Crippen molar-refractivity contribution in [1.82, 2.24) is 0 Å². The first-order valence-electron chi connectivity index (χ1n) is 16.0. The third-order valence-corrected chi connectivity index (χ3v) is 11.9. The van der Waals surface area contributed by atoms with Crippen molar-refractivity contribution in [3.63, 3.8) is 0 Å². The number of para-hydroxylation sites is 3. The SMILES string of the molecule is CC1(C)c2ccccc2N(c2ccc3c(c2)C(C)(C)c2ccccc2N3c2ccc(S(=O)(=O)c3ccccc3)cc2)c2ccccc21. The minimum atomic E-state index is -3.63. The van der Waals surface area contributed by atoms with Gasteiger partial charge in [0, 0.05) is 22.2 Å². The van der Waals surface area contributed by atoms with E-state index >= 15 is 0 Å². The van der Waals surface area contributed by atoms with Crippen LogP contribution in [-0.4, -0.2) is 8.42 Å². The average molecular weight is 633 g/mol. The van der Waals surface area contributed by atoms with Gasteiger partial charge in [0.25, 0.3) is 0 Å². The van der Waals surface area contributed by atoms with Crippen LogP contribution in [0, 0.1) is 0 Å². The number of nitrogens with zero attached hydrogens (tertiary/aromatic N) is 2. The molecule has 0 spiro atoms. The molecule has 0 saturated heterocycles. The summed E-state index contributed by atoms with van der Waals surface area (Å²) < 4.78 is 26.8. The summed E-state index contributed by atoms with van der Waals surface area (Å²) in [7, 11) is -3.63. The standard InChI is InChI=1S/C42H36N2O2S/c1-41(2)33-16-8-12-20-38(33)44(39-21-13-9-17-34(39)41)30-24-27-40-36(28-30)42(3,4)35-18-10-11-19-37(35)43(40)29-22-25-32(26-23-29)47(45,46)31-14-6-5-7-15-31/h5-28H,1-4H3. The fourth-order valence-electron chi connectivity index (χ4n) is 7.57. The Hall–Kier alpha value is -5.13. The number of sulfone groups is 1. The van der Waals surface area contributed by atoms with Gasteiger partial charge in [-0.25, -0.2) is 8.42 Å². The first kappa shape index (κ1) is 29.3. The topological polar surface area (TPSA) is 40.6 Å². The Morgan fingerprint density at radius 3 is 1.32 bits per heavy atom. The maximum absolute atomic E-state index is 13.4. The lowest BCUT2D eigenvalue weighted by molar-refractivity contribution is 0.596. The van der Waals surface area contributed by atoms with Crippen LogP contribution in [-0.2, 0) is 20.7 Å². The van der Waals surface area contributed by atoms with Crippen LogP contribution in [0.15, 0.2) is 155 Å². The normalized spacial score (nSPS) is 15.7. The van der Waals surface area contributed by atoms with Gasteiger partial charge in [0.05, 0.1) is 32.5 Å². The summed E-state index contributed by atoms with van der Waals surface area (Å²) in [6, 6.07) is 48.7. The highest BCUT2D eigenvalue weighted by Crippen LogP contribution is 2.56. The summed E-state index contributed by atoms with van der Waals surface area (Å²) in [4.78, 5) is 5.24. The van der Waals surface area contributed by atoms with Crippen molar-refractivity contribution in [2.24, 2.45) is 0 Å². The maximum atomic E-state index is 13.4. The molecular formula is C42H36N2O2S. The summed E-state index contributed by atoms with van der Waals surface area (Å²) in [5, 5.41) is 0. The number of hydrogen-bond donors (Lipinski definition) is 0. The van der Waals surface area contributed by atoms with E-state index in [-0.39, 0.29) is 15.7 Å². The van der Waals surface area contributed by atoms with Crippen LogP contribution in [0.25, 0.3) is 0 Å². The summed E-state index contributed by atoms with van der Waals surface area (Å²) in [6.07, 6.45) is 0. The van der Waals surface area contributed by atoms with Crippen molar-refractivity contribution < 1.29 is 8.42 Å². The van der Waals surface area contributed by atoms with Crippen LogP contribution >= 0.6 is 0 Å². The van der Waals surface area contributed by atoms with Crippen molar-refractivity contribution >= 4 is 44.0 Å². The molecule has 2 heterocycles. The van der Waals surface area contributed by atoms with Crippen LogP contribution in [0.1, 0.15) is 49.9 Å². The minimum Gasteiger partial charge on any atom is -0.310 e. The van der Waals surface area contributed by atoms with Gasteiger partial charge >= 0.3 is 0 Å². The Kier molecular flexibility index (Phi) is 6.51. The zero-order valence-corrected chi connectivity index (χ0v) is 27.8. The fourth-order valence-corrected chi connectivity index (χ4v) is 8.85. The molecule has 0 radical (unpaired) electrons. The predicted molar refractivity (Wildman–Crippen MR) is 192 cm³/mol. The third kappa shape index (κ3) is 4.37. The van der Waals surface area contributed by atoms with Gasteiger partial charge < -0.3 is 9.80 Å². The Morgan fingerprint density at radius 1 is 0.404 bits per heavy atom. The molecule has 0 amide bonds. The second-order valence-electron chi connectivity index (χ2n) is 13.5. The molecule has 6 aromatic rings. The van der Waals surface area contributed by atoms with Crippen molar-refractivity contribution in [3.8, 4) is 0 Å². The lowest BCUT2D eigenvalue weighted by Crippen LogP contribution is -2.32. The molecule has 5 heteroatoms. The molecule has 0 aromatic heterocycles. The van der Waals surface area contributed by atoms with E-state index < -0.39 is 9.84 Å². The number of hydrogen-bond acceptors (Lipinski definition) is 4. The lowest BCUT2D eigenvalue weighted by atomic mass is 9.72. The van der Waals surface area contributed by atoms with Crippen molar-refractivity contribution in [2.45, 2.75) is 48.3 Å². The van der Waals surface area contributed by atoms with E-state index in [0.29, 0.717) is 4.90 Å².